The van der Waals surface area contributed by atoms with Crippen LogP contribution in [0.15, 0.2) is 24.3 Å². The third kappa shape index (κ3) is 6.37. The molecule has 2 rings (SSSR count). The van der Waals surface area contributed by atoms with Gasteiger partial charge in [0.1, 0.15) is 6.54 Å². The van der Waals surface area contributed by atoms with Crippen LogP contribution in [-0.4, -0.2) is 40.7 Å². The minimum Gasteiger partial charge on any atom is -0.450 e. The molecule has 0 saturated heterocycles. The number of fused-ring (bicyclic) bond motifs is 1. The van der Waals surface area contributed by atoms with Gasteiger partial charge in [0.05, 0.1) is 17.6 Å². The van der Waals surface area contributed by atoms with Crippen LogP contribution in [0.2, 0.25) is 0 Å². The van der Waals surface area contributed by atoms with Gasteiger partial charge in [0.2, 0.25) is 11.7 Å². The molecular weight excluding hydrogens is 389 g/mol. The van der Waals surface area contributed by atoms with Crippen molar-refractivity contribution in [2.24, 2.45) is 5.92 Å². The lowest BCUT2D eigenvalue weighted by Crippen LogP contribution is -2.45. The van der Waals surface area contributed by atoms with E-state index in [4.69, 9.17) is 4.74 Å². The molecule has 0 radical (unpaired) electrons. The van der Waals surface area contributed by atoms with Crippen LogP contribution in [0.1, 0.15) is 33.0 Å². The first kappa shape index (κ1) is 22.5. The Labute approximate surface area is 166 Å². The fourth-order valence-corrected chi connectivity index (χ4v) is 2.99. The molecule has 0 aliphatic rings. The number of imidazole rings is 1. The second-order valence-corrected chi connectivity index (χ2v) is 7.00. The van der Waals surface area contributed by atoms with Gasteiger partial charge in [-0.15, -0.1) is 0 Å². The summed E-state index contributed by atoms with van der Waals surface area (Å²) in [5, 5.41) is 5.25. The number of hydrogen-bond acceptors (Lipinski definition) is 4. The molecule has 1 atom stereocenters. The van der Waals surface area contributed by atoms with Crippen molar-refractivity contribution in [3.8, 4) is 0 Å². The van der Waals surface area contributed by atoms with Crippen LogP contribution in [-0.2, 0) is 22.3 Å². The normalized spacial score (nSPS) is 12.8. The Balaban J connectivity index is 2.10. The molecule has 0 fully saturated rings. The first-order valence-electron chi connectivity index (χ1n) is 9.34. The maximum absolute atomic E-state index is 13.3. The predicted octanol–water partition coefficient (Wildman–Crippen LogP) is 3.33. The standard InChI is InChI=1S/C19H25F3N4O3/c1-4-29-18(28)24-13(9-12(2)3)10-23-16(27)11-26-15-8-6-5-7-14(15)25-17(26)19(20,21)22/h5-8,12-13H,4,9-11H2,1-3H3,(H,23,27)(H,24,28). The molecule has 0 aliphatic heterocycles. The minimum absolute atomic E-state index is 0.0732. The molecule has 1 heterocycles. The monoisotopic (exact) mass is 414 g/mol. The molecule has 10 heteroatoms. The molecule has 1 aromatic carbocycles. The first-order valence-corrected chi connectivity index (χ1v) is 9.34. The molecule has 0 bridgehead atoms. The average molecular weight is 414 g/mol. The van der Waals surface area contributed by atoms with Crippen LogP contribution in [0.4, 0.5) is 18.0 Å². The number of aromatic nitrogens is 2. The largest absolute Gasteiger partial charge is 0.450 e. The highest BCUT2D eigenvalue weighted by atomic mass is 19.4. The second-order valence-electron chi connectivity index (χ2n) is 7.00. The van der Waals surface area contributed by atoms with E-state index in [0.29, 0.717) is 6.42 Å². The van der Waals surface area contributed by atoms with Gasteiger partial charge in [-0.25, -0.2) is 9.78 Å². The van der Waals surface area contributed by atoms with Crippen LogP contribution in [0.25, 0.3) is 11.0 Å². The molecule has 160 valence electrons. The number of nitrogens with one attached hydrogen (secondary N) is 2. The number of benzene rings is 1. The van der Waals surface area contributed by atoms with E-state index < -0.39 is 36.6 Å². The van der Waals surface area contributed by atoms with Crippen molar-refractivity contribution < 1.29 is 27.5 Å². The van der Waals surface area contributed by atoms with Gasteiger partial charge in [0.15, 0.2) is 0 Å². The number of nitrogens with zero attached hydrogens (tertiary/aromatic N) is 2. The number of hydrogen-bond donors (Lipinski definition) is 2. The van der Waals surface area contributed by atoms with Crippen molar-refractivity contribution in [3.63, 3.8) is 0 Å². The van der Waals surface area contributed by atoms with E-state index in [9.17, 15) is 22.8 Å². The summed E-state index contributed by atoms with van der Waals surface area (Å²) < 4.78 is 45.7. The van der Waals surface area contributed by atoms with Crippen molar-refractivity contribution in [2.75, 3.05) is 13.2 Å². The molecule has 2 aromatic rings. The highest BCUT2D eigenvalue weighted by molar-refractivity contribution is 5.81. The van der Waals surface area contributed by atoms with Gasteiger partial charge >= 0.3 is 12.3 Å². The zero-order chi connectivity index (χ0) is 21.6. The lowest BCUT2D eigenvalue weighted by molar-refractivity contribution is -0.147. The predicted molar refractivity (Wildman–Crippen MR) is 101 cm³/mol. The van der Waals surface area contributed by atoms with Gasteiger partial charge < -0.3 is 19.9 Å². The van der Waals surface area contributed by atoms with Crippen LogP contribution >= 0.6 is 0 Å². The lowest BCUT2D eigenvalue weighted by Gasteiger charge is -2.21. The van der Waals surface area contributed by atoms with Crippen LogP contribution in [0.5, 0.6) is 0 Å². The van der Waals surface area contributed by atoms with Crippen LogP contribution in [0.3, 0.4) is 0 Å². The number of carbonyl (C=O) groups is 2. The highest BCUT2D eigenvalue weighted by Gasteiger charge is 2.38. The third-order valence-corrected chi connectivity index (χ3v) is 4.11. The summed E-state index contributed by atoms with van der Waals surface area (Å²) >= 11 is 0. The maximum Gasteiger partial charge on any atom is 0.449 e. The van der Waals surface area contributed by atoms with Gasteiger partial charge in [-0.3, -0.25) is 4.79 Å². The Kier molecular flexibility index (Phi) is 7.46. The van der Waals surface area contributed by atoms with Gasteiger partial charge in [-0.2, -0.15) is 13.2 Å². The first-order chi connectivity index (χ1) is 13.6. The van der Waals surface area contributed by atoms with E-state index in [-0.39, 0.29) is 30.1 Å². The summed E-state index contributed by atoms with van der Waals surface area (Å²) in [6.07, 6.45) is -4.72. The number of ether oxygens (including phenoxy) is 1. The Bertz CT molecular complexity index is 849. The van der Waals surface area contributed by atoms with Gasteiger partial charge in [-0.1, -0.05) is 26.0 Å². The summed E-state index contributed by atoms with van der Waals surface area (Å²) in [5.74, 6) is -1.51. The zero-order valence-electron chi connectivity index (χ0n) is 16.5. The lowest BCUT2D eigenvalue weighted by atomic mass is 10.0. The molecule has 0 saturated carbocycles. The maximum atomic E-state index is 13.3. The Hall–Kier alpha value is -2.78. The molecule has 0 aliphatic carbocycles. The Morgan fingerprint density at radius 1 is 1.24 bits per heavy atom. The molecule has 0 spiro atoms. The van der Waals surface area contributed by atoms with Crippen molar-refractivity contribution in [3.05, 3.63) is 30.1 Å². The van der Waals surface area contributed by atoms with Gasteiger partial charge in [-0.05, 0) is 31.4 Å². The molecule has 2 amide bonds. The SMILES string of the molecule is CCOC(=O)NC(CNC(=O)Cn1c(C(F)(F)F)nc2ccccc21)CC(C)C. The number of amides is 2. The molecule has 1 aromatic heterocycles. The molecule has 1 unspecified atom stereocenters. The van der Waals surface area contributed by atoms with Crippen molar-refractivity contribution in [2.45, 2.75) is 46.0 Å². The summed E-state index contributed by atoms with van der Waals surface area (Å²) in [6.45, 7) is 5.32. The molecular formula is C19H25F3N4O3. The van der Waals surface area contributed by atoms with Gasteiger partial charge in [0, 0.05) is 12.6 Å². The zero-order valence-corrected chi connectivity index (χ0v) is 16.5. The Morgan fingerprint density at radius 2 is 1.93 bits per heavy atom. The molecule has 2 N–H and O–H groups in total. The average Bonchev–Trinajstić information content (AvgIpc) is 2.98. The minimum atomic E-state index is -4.69. The van der Waals surface area contributed by atoms with E-state index in [1.54, 1.807) is 19.1 Å². The highest BCUT2D eigenvalue weighted by Crippen LogP contribution is 2.31. The van der Waals surface area contributed by atoms with E-state index in [0.717, 1.165) is 4.57 Å². The summed E-state index contributed by atoms with van der Waals surface area (Å²) in [4.78, 5) is 27.6. The number of alkyl carbamates (subject to hydrolysis) is 1. The fourth-order valence-electron chi connectivity index (χ4n) is 2.99. The number of alkyl halides is 3. The smallest absolute Gasteiger partial charge is 0.449 e. The van der Waals surface area contributed by atoms with E-state index in [2.05, 4.69) is 15.6 Å². The van der Waals surface area contributed by atoms with Crippen molar-refractivity contribution >= 4 is 23.0 Å². The summed E-state index contributed by atoms with van der Waals surface area (Å²) in [5.41, 5.74) is 0.382. The van der Waals surface area contributed by atoms with Crippen LogP contribution < -0.4 is 10.6 Å². The number of rotatable bonds is 8. The number of para-hydroxylation sites is 2. The summed E-state index contributed by atoms with van der Waals surface area (Å²) in [6, 6.07) is 5.70. The quantitative estimate of drug-likeness (QED) is 0.694. The van der Waals surface area contributed by atoms with Gasteiger partial charge in [0.25, 0.3) is 0 Å². The molecule has 29 heavy (non-hydrogen) atoms. The van der Waals surface area contributed by atoms with Crippen molar-refractivity contribution in [1.82, 2.24) is 20.2 Å². The second kappa shape index (κ2) is 9.62. The van der Waals surface area contributed by atoms with E-state index in [1.807, 2.05) is 13.8 Å². The topological polar surface area (TPSA) is 85.3 Å². The van der Waals surface area contributed by atoms with Crippen molar-refractivity contribution in [1.29, 1.82) is 0 Å². The van der Waals surface area contributed by atoms with E-state index >= 15 is 0 Å². The number of carbonyl (C=O) groups excluding carboxylic acids is 2. The third-order valence-electron chi connectivity index (χ3n) is 4.11. The Morgan fingerprint density at radius 3 is 2.55 bits per heavy atom. The number of halogens is 3. The fraction of sp³-hybridized carbons (Fsp3) is 0.526. The molecule has 7 nitrogen and oxygen atoms in total. The van der Waals surface area contributed by atoms with Crippen LogP contribution in [0, 0.1) is 5.92 Å². The summed E-state index contributed by atoms with van der Waals surface area (Å²) in [7, 11) is 0. The van der Waals surface area contributed by atoms with E-state index in [1.165, 1.54) is 12.1 Å².